The Morgan fingerprint density at radius 3 is 2.71 bits per heavy atom. The van der Waals surface area contributed by atoms with Crippen molar-refractivity contribution in [2.45, 2.75) is 25.0 Å². The Morgan fingerprint density at radius 1 is 1.35 bits per heavy atom. The monoisotopic (exact) mass is 255 g/mol. The maximum Gasteiger partial charge on any atom is 0.153 e. The highest BCUT2D eigenvalue weighted by atomic mass is 32.2. The molecule has 1 heterocycles. The number of hydrogen-bond acceptors (Lipinski definition) is 4. The van der Waals surface area contributed by atoms with Crippen LogP contribution in [-0.4, -0.2) is 25.0 Å². The van der Waals surface area contributed by atoms with Gasteiger partial charge in [0.1, 0.15) is 5.60 Å². The van der Waals surface area contributed by atoms with Crippen molar-refractivity contribution in [3.05, 3.63) is 35.4 Å². The van der Waals surface area contributed by atoms with Crippen molar-refractivity contribution in [1.29, 1.82) is 0 Å². The quantitative estimate of drug-likeness (QED) is 0.808. The molecule has 1 atom stereocenters. The Hall–Kier alpha value is -0.910. The molecule has 2 rings (SSSR count). The number of aliphatic hydroxyl groups is 1. The van der Waals surface area contributed by atoms with Crippen molar-refractivity contribution >= 4 is 9.84 Å². The molecular formula is C12H17NO3S. The largest absolute Gasteiger partial charge is 0.384 e. The fraction of sp³-hybridized carbons (Fsp3) is 0.500. The summed E-state index contributed by atoms with van der Waals surface area (Å²) in [6.07, 6.45) is 0.973. The van der Waals surface area contributed by atoms with Gasteiger partial charge >= 0.3 is 0 Å². The van der Waals surface area contributed by atoms with Crippen molar-refractivity contribution < 1.29 is 13.5 Å². The Labute approximate surface area is 101 Å². The molecule has 0 saturated carbocycles. The maximum atomic E-state index is 11.6. The summed E-state index contributed by atoms with van der Waals surface area (Å²) >= 11 is 0. The zero-order chi connectivity index (χ0) is 12.5. The van der Waals surface area contributed by atoms with E-state index in [1.54, 1.807) is 12.1 Å². The lowest BCUT2D eigenvalue weighted by molar-refractivity contribution is 0.0458. The first-order chi connectivity index (χ1) is 7.97. The van der Waals surface area contributed by atoms with Crippen LogP contribution in [0.3, 0.4) is 0 Å². The van der Waals surface area contributed by atoms with E-state index in [1.807, 2.05) is 12.1 Å². The standard InChI is InChI=1S/C12H17NO3S/c13-8-10-4-1-2-5-11(10)12(14)6-3-7-17(15,16)9-12/h1-2,4-5,14H,3,6-9,13H2. The second kappa shape index (κ2) is 4.40. The Bertz CT molecular complexity index is 512. The number of rotatable bonds is 2. The summed E-state index contributed by atoms with van der Waals surface area (Å²) < 4.78 is 23.3. The van der Waals surface area contributed by atoms with Crippen LogP contribution in [-0.2, 0) is 22.0 Å². The molecule has 0 bridgehead atoms. The van der Waals surface area contributed by atoms with Crippen LogP contribution in [0.5, 0.6) is 0 Å². The van der Waals surface area contributed by atoms with Crippen LogP contribution in [0.2, 0.25) is 0 Å². The van der Waals surface area contributed by atoms with Gasteiger partial charge in [-0.2, -0.15) is 0 Å². The van der Waals surface area contributed by atoms with Gasteiger partial charge in [0.15, 0.2) is 9.84 Å². The van der Waals surface area contributed by atoms with Gasteiger partial charge in [0.05, 0.1) is 11.5 Å². The lowest BCUT2D eigenvalue weighted by atomic mass is 9.87. The molecule has 0 spiro atoms. The number of hydrogen-bond donors (Lipinski definition) is 2. The SMILES string of the molecule is NCc1ccccc1C1(O)CCCS(=O)(=O)C1. The zero-order valence-corrected chi connectivity index (χ0v) is 10.4. The third-order valence-corrected chi connectivity index (χ3v) is 5.07. The molecule has 17 heavy (non-hydrogen) atoms. The summed E-state index contributed by atoms with van der Waals surface area (Å²) in [5.41, 5.74) is 5.82. The molecule has 94 valence electrons. The summed E-state index contributed by atoms with van der Waals surface area (Å²) in [7, 11) is -3.15. The molecule has 1 aromatic carbocycles. The van der Waals surface area contributed by atoms with Crippen molar-refractivity contribution in [3.63, 3.8) is 0 Å². The van der Waals surface area contributed by atoms with Crippen molar-refractivity contribution in [3.8, 4) is 0 Å². The van der Waals surface area contributed by atoms with E-state index in [4.69, 9.17) is 5.73 Å². The smallest absolute Gasteiger partial charge is 0.153 e. The van der Waals surface area contributed by atoms with Crippen LogP contribution in [0.25, 0.3) is 0 Å². The molecule has 1 aromatic rings. The predicted molar refractivity (Wildman–Crippen MR) is 66.1 cm³/mol. The van der Waals surface area contributed by atoms with Crippen molar-refractivity contribution in [1.82, 2.24) is 0 Å². The summed E-state index contributed by atoms with van der Waals surface area (Å²) in [5, 5.41) is 10.6. The van der Waals surface area contributed by atoms with Gasteiger partial charge in [0.25, 0.3) is 0 Å². The first kappa shape index (κ1) is 12.5. The summed E-state index contributed by atoms with van der Waals surface area (Å²) in [6, 6.07) is 7.23. The third-order valence-electron chi connectivity index (χ3n) is 3.24. The molecule has 1 unspecified atom stereocenters. The second-order valence-corrected chi connectivity index (χ2v) is 6.77. The minimum atomic E-state index is -3.15. The van der Waals surface area contributed by atoms with Crippen LogP contribution in [0.4, 0.5) is 0 Å². The fourth-order valence-corrected chi connectivity index (χ4v) is 4.21. The molecule has 0 amide bonds. The minimum absolute atomic E-state index is 0.167. The molecular weight excluding hydrogens is 238 g/mol. The second-order valence-electron chi connectivity index (χ2n) is 4.59. The minimum Gasteiger partial charge on any atom is -0.384 e. The first-order valence-corrected chi connectivity index (χ1v) is 7.50. The van der Waals surface area contributed by atoms with Gasteiger partial charge in [-0.15, -0.1) is 0 Å². The summed E-state index contributed by atoms with van der Waals surface area (Å²) in [4.78, 5) is 0. The molecule has 0 aliphatic carbocycles. The van der Waals surface area contributed by atoms with Crippen LogP contribution in [0.1, 0.15) is 24.0 Å². The maximum absolute atomic E-state index is 11.6. The average molecular weight is 255 g/mol. The fourth-order valence-electron chi connectivity index (χ4n) is 2.46. The van der Waals surface area contributed by atoms with Gasteiger partial charge in [0, 0.05) is 6.54 Å². The Balaban J connectivity index is 2.44. The lowest BCUT2D eigenvalue weighted by Gasteiger charge is -2.33. The van der Waals surface area contributed by atoms with E-state index in [0.29, 0.717) is 24.9 Å². The highest BCUT2D eigenvalue weighted by Crippen LogP contribution is 2.34. The van der Waals surface area contributed by atoms with Crippen LogP contribution in [0, 0.1) is 0 Å². The molecule has 4 nitrogen and oxygen atoms in total. The van der Waals surface area contributed by atoms with E-state index >= 15 is 0 Å². The molecule has 1 aliphatic heterocycles. The Morgan fingerprint density at radius 2 is 2.06 bits per heavy atom. The molecule has 1 saturated heterocycles. The topological polar surface area (TPSA) is 80.4 Å². The van der Waals surface area contributed by atoms with Crippen molar-refractivity contribution in [2.24, 2.45) is 5.73 Å². The van der Waals surface area contributed by atoms with Crippen molar-refractivity contribution in [2.75, 3.05) is 11.5 Å². The van der Waals surface area contributed by atoms with Gasteiger partial charge in [0.2, 0.25) is 0 Å². The normalized spacial score (nSPS) is 27.9. The molecule has 0 radical (unpaired) electrons. The van der Waals surface area contributed by atoms with E-state index in [0.717, 1.165) is 5.56 Å². The lowest BCUT2D eigenvalue weighted by Crippen LogP contribution is -2.40. The van der Waals surface area contributed by atoms with Gasteiger partial charge in [-0.25, -0.2) is 8.42 Å². The summed E-state index contributed by atoms with van der Waals surface area (Å²) in [5.74, 6) is -0.0306. The van der Waals surface area contributed by atoms with Gasteiger partial charge in [-0.3, -0.25) is 0 Å². The molecule has 5 heteroatoms. The highest BCUT2D eigenvalue weighted by molar-refractivity contribution is 7.91. The van der Waals surface area contributed by atoms with Gasteiger partial charge in [-0.1, -0.05) is 24.3 Å². The third kappa shape index (κ3) is 2.51. The molecule has 0 aromatic heterocycles. The van der Waals surface area contributed by atoms with E-state index in [2.05, 4.69) is 0 Å². The Kier molecular flexibility index (Phi) is 3.25. The number of nitrogens with two attached hydrogens (primary N) is 1. The molecule has 3 N–H and O–H groups in total. The van der Waals surface area contributed by atoms with Gasteiger partial charge < -0.3 is 10.8 Å². The first-order valence-electron chi connectivity index (χ1n) is 5.68. The van der Waals surface area contributed by atoms with Gasteiger partial charge in [-0.05, 0) is 24.0 Å². The molecule has 1 fully saturated rings. The van der Waals surface area contributed by atoms with Crippen LogP contribution < -0.4 is 5.73 Å². The summed E-state index contributed by atoms with van der Waals surface area (Å²) in [6.45, 7) is 0.304. The number of benzene rings is 1. The van der Waals surface area contributed by atoms with E-state index in [9.17, 15) is 13.5 Å². The van der Waals surface area contributed by atoms with E-state index in [1.165, 1.54) is 0 Å². The predicted octanol–water partition coefficient (Wildman–Crippen LogP) is 0.542. The van der Waals surface area contributed by atoms with E-state index < -0.39 is 15.4 Å². The molecule has 1 aliphatic rings. The van der Waals surface area contributed by atoms with Crippen LogP contribution >= 0.6 is 0 Å². The zero-order valence-electron chi connectivity index (χ0n) is 9.59. The average Bonchev–Trinajstić information content (AvgIpc) is 2.27. The number of sulfone groups is 1. The van der Waals surface area contributed by atoms with Crippen LogP contribution in [0.15, 0.2) is 24.3 Å². The highest BCUT2D eigenvalue weighted by Gasteiger charge is 2.39. The van der Waals surface area contributed by atoms with E-state index in [-0.39, 0.29) is 11.5 Å².